The number of hydrogen-bond acceptors (Lipinski definition) is 3. The fourth-order valence-electron chi connectivity index (χ4n) is 3.65. The largest absolute Gasteiger partial charge is 0.373 e. The Morgan fingerprint density at radius 2 is 2.05 bits per heavy atom. The molecule has 0 amide bonds. The summed E-state index contributed by atoms with van der Waals surface area (Å²) in [6.45, 7) is 0.873. The van der Waals surface area contributed by atoms with Crippen LogP contribution in [0.2, 0.25) is 0 Å². The first kappa shape index (κ1) is 15.4. The molecule has 2 aliphatic heterocycles. The maximum absolute atomic E-state index is 6.08. The van der Waals surface area contributed by atoms with Crippen molar-refractivity contribution in [2.45, 2.75) is 44.2 Å². The molecule has 1 fully saturated rings. The van der Waals surface area contributed by atoms with Gasteiger partial charge in [-0.3, -0.25) is 0 Å². The standard InChI is InChI=1S/C18H27NOS/c1-19-16(12-14-7-10-21-11-8-14)13-18-17-5-3-2-4-15(17)6-9-20-18/h2-5,14,16,18-19H,6-13H2,1H3. The van der Waals surface area contributed by atoms with Gasteiger partial charge >= 0.3 is 0 Å². The third-order valence-corrected chi connectivity index (χ3v) is 6.01. The molecule has 1 aromatic carbocycles. The van der Waals surface area contributed by atoms with Gasteiger partial charge in [-0.2, -0.15) is 11.8 Å². The molecule has 2 atom stereocenters. The minimum atomic E-state index is 0.283. The smallest absolute Gasteiger partial charge is 0.0842 e. The minimum Gasteiger partial charge on any atom is -0.373 e. The van der Waals surface area contributed by atoms with Gasteiger partial charge in [0.2, 0.25) is 0 Å². The lowest BCUT2D eigenvalue weighted by molar-refractivity contribution is 0.0280. The lowest BCUT2D eigenvalue weighted by atomic mass is 9.88. The Kier molecular flexibility index (Phi) is 5.61. The van der Waals surface area contributed by atoms with E-state index in [0.717, 1.165) is 25.4 Å². The van der Waals surface area contributed by atoms with E-state index in [1.807, 2.05) is 0 Å². The lowest BCUT2D eigenvalue weighted by Gasteiger charge is -2.31. The first-order valence-electron chi connectivity index (χ1n) is 8.31. The van der Waals surface area contributed by atoms with Crippen molar-refractivity contribution in [1.29, 1.82) is 0 Å². The number of rotatable bonds is 5. The summed E-state index contributed by atoms with van der Waals surface area (Å²) in [7, 11) is 2.11. The van der Waals surface area contributed by atoms with E-state index in [0.29, 0.717) is 6.04 Å². The second kappa shape index (κ2) is 7.66. The van der Waals surface area contributed by atoms with Crippen molar-refractivity contribution in [3.63, 3.8) is 0 Å². The van der Waals surface area contributed by atoms with Crippen LogP contribution in [-0.4, -0.2) is 31.2 Å². The zero-order valence-electron chi connectivity index (χ0n) is 13.0. The van der Waals surface area contributed by atoms with Gasteiger partial charge in [0.15, 0.2) is 0 Å². The monoisotopic (exact) mass is 305 g/mol. The molecule has 2 nitrogen and oxygen atoms in total. The van der Waals surface area contributed by atoms with E-state index >= 15 is 0 Å². The van der Waals surface area contributed by atoms with Gasteiger partial charge in [0.25, 0.3) is 0 Å². The molecule has 3 rings (SSSR count). The highest BCUT2D eigenvalue weighted by molar-refractivity contribution is 7.99. The number of nitrogens with one attached hydrogen (secondary N) is 1. The molecular weight excluding hydrogens is 278 g/mol. The summed E-state index contributed by atoms with van der Waals surface area (Å²) in [6.07, 6.45) is 6.55. The Bertz CT molecular complexity index is 445. The molecular formula is C18H27NOS. The molecule has 116 valence electrons. The van der Waals surface area contributed by atoms with Crippen LogP contribution < -0.4 is 5.32 Å². The van der Waals surface area contributed by atoms with Gasteiger partial charge in [-0.15, -0.1) is 0 Å². The molecule has 0 spiro atoms. The highest BCUT2D eigenvalue weighted by atomic mass is 32.2. The second-order valence-electron chi connectivity index (χ2n) is 6.32. The molecule has 2 aliphatic rings. The zero-order valence-corrected chi connectivity index (χ0v) is 13.8. The maximum atomic E-state index is 6.08. The molecule has 21 heavy (non-hydrogen) atoms. The Hall–Kier alpha value is -0.510. The van der Waals surface area contributed by atoms with Crippen LogP contribution in [0.5, 0.6) is 0 Å². The molecule has 0 radical (unpaired) electrons. The van der Waals surface area contributed by atoms with Gasteiger partial charge in [0.05, 0.1) is 12.7 Å². The van der Waals surface area contributed by atoms with Crippen LogP contribution >= 0.6 is 11.8 Å². The molecule has 2 unspecified atom stereocenters. The van der Waals surface area contributed by atoms with Crippen LogP contribution in [0, 0.1) is 5.92 Å². The highest BCUT2D eigenvalue weighted by Gasteiger charge is 2.25. The number of fused-ring (bicyclic) bond motifs is 1. The molecule has 3 heteroatoms. The second-order valence-corrected chi connectivity index (χ2v) is 7.55. The molecule has 0 aromatic heterocycles. The van der Waals surface area contributed by atoms with Crippen LogP contribution in [0.4, 0.5) is 0 Å². The van der Waals surface area contributed by atoms with E-state index in [1.54, 1.807) is 0 Å². The Morgan fingerprint density at radius 3 is 2.86 bits per heavy atom. The SMILES string of the molecule is CNC(CC1CCSCC1)CC1OCCc2ccccc21. The summed E-state index contributed by atoms with van der Waals surface area (Å²) in [4.78, 5) is 0. The van der Waals surface area contributed by atoms with Gasteiger partial charge in [-0.25, -0.2) is 0 Å². The predicted molar refractivity (Wildman–Crippen MR) is 91.0 cm³/mol. The zero-order chi connectivity index (χ0) is 14.5. The van der Waals surface area contributed by atoms with Gasteiger partial charge in [0, 0.05) is 6.04 Å². The molecule has 1 N–H and O–H groups in total. The molecule has 0 saturated carbocycles. The molecule has 0 bridgehead atoms. The normalized spacial score (nSPS) is 24.5. The van der Waals surface area contributed by atoms with Crippen molar-refractivity contribution in [1.82, 2.24) is 5.32 Å². The maximum Gasteiger partial charge on any atom is 0.0842 e. The van der Waals surface area contributed by atoms with Crippen LogP contribution in [0.15, 0.2) is 24.3 Å². The summed E-state index contributed by atoms with van der Waals surface area (Å²) in [5.74, 6) is 3.61. The van der Waals surface area contributed by atoms with E-state index in [1.165, 1.54) is 41.9 Å². The van der Waals surface area contributed by atoms with Crippen molar-refractivity contribution in [2.24, 2.45) is 5.92 Å². The summed E-state index contributed by atoms with van der Waals surface area (Å²) in [6, 6.07) is 9.39. The van der Waals surface area contributed by atoms with E-state index in [9.17, 15) is 0 Å². The third kappa shape index (κ3) is 4.02. The summed E-state index contributed by atoms with van der Waals surface area (Å²) >= 11 is 2.11. The van der Waals surface area contributed by atoms with Gasteiger partial charge in [-0.1, -0.05) is 24.3 Å². The van der Waals surface area contributed by atoms with Crippen molar-refractivity contribution in [3.05, 3.63) is 35.4 Å². The average molecular weight is 305 g/mol. The van der Waals surface area contributed by atoms with Crippen LogP contribution in [0.3, 0.4) is 0 Å². The first-order valence-corrected chi connectivity index (χ1v) is 9.46. The Balaban J connectivity index is 1.61. The van der Waals surface area contributed by atoms with Crippen molar-refractivity contribution < 1.29 is 4.74 Å². The Morgan fingerprint density at radius 1 is 1.24 bits per heavy atom. The molecule has 1 saturated heterocycles. The summed E-state index contributed by atoms with van der Waals surface area (Å²) in [5.41, 5.74) is 2.90. The van der Waals surface area contributed by atoms with E-state index in [2.05, 4.69) is 48.4 Å². The first-order chi connectivity index (χ1) is 10.4. The fourth-order valence-corrected chi connectivity index (χ4v) is 4.85. The van der Waals surface area contributed by atoms with Crippen LogP contribution in [0.25, 0.3) is 0 Å². The van der Waals surface area contributed by atoms with E-state index < -0.39 is 0 Å². The average Bonchev–Trinajstić information content (AvgIpc) is 2.55. The van der Waals surface area contributed by atoms with Crippen molar-refractivity contribution in [2.75, 3.05) is 25.2 Å². The van der Waals surface area contributed by atoms with Gasteiger partial charge in [0.1, 0.15) is 0 Å². The number of hydrogen-bond donors (Lipinski definition) is 1. The number of ether oxygens (including phenoxy) is 1. The van der Waals surface area contributed by atoms with E-state index in [-0.39, 0.29) is 6.10 Å². The van der Waals surface area contributed by atoms with Crippen molar-refractivity contribution >= 4 is 11.8 Å². The molecule has 0 aliphatic carbocycles. The molecule has 2 heterocycles. The number of benzene rings is 1. The Labute approximate surface area is 133 Å². The van der Waals surface area contributed by atoms with Gasteiger partial charge in [-0.05, 0) is 67.7 Å². The predicted octanol–water partition coefficient (Wildman–Crippen LogP) is 3.81. The summed E-state index contributed by atoms with van der Waals surface area (Å²) < 4.78 is 6.08. The molecule has 1 aromatic rings. The van der Waals surface area contributed by atoms with Crippen molar-refractivity contribution in [3.8, 4) is 0 Å². The van der Waals surface area contributed by atoms with E-state index in [4.69, 9.17) is 4.74 Å². The third-order valence-electron chi connectivity index (χ3n) is 4.96. The van der Waals surface area contributed by atoms with Crippen LogP contribution in [-0.2, 0) is 11.2 Å². The fraction of sp³-hybridized carbons (Fsp3) is 0.667. The van der Waals surface area contributed by atoms with Crippen LogP contribution in [0.1, 0.15) is 42.9 Å². The number of thioether (sulfide) groups is 1. The minimum absolute atomic E-state index is 0.283. The summed E-state index contributed by atoms with van der Waals surface area (Å²) in [5, 5.41) is 3.54. The highest BCUT2D eigenvalue weighted by Crippen LogP contribution is 2.33. The lowest BCUT2D eigenvalue weighted by Crippen LogP contribution is -2.32. The topological polar surface area (TPSA) is 21.3 Å². The van der Waals surface area contributed by atoms with Gasteiger partial charge < -0.3 is 10.1 Å². The quantitative estimate of drug-likeness (QED) is 0.894.